The first kappa shape index (κ1) is 35.6. The van der Waals surface area contributed by atoms with Gasteiger partial charge in [0.25, 0.3) is 0 Å². The molecule has 0 saturated carbocycles. The summed E-state index contributed by atoms with van der Waals surface area (Å²) >= 11 is 1.84. The zero-order valence-electron chi connectivity index (χ0n) is 32.9. The molecule has 11 aromatic rings. The first-order valence-corrected chi connectivity index (χ1v) is 21.1. The van der Waals surface area contributed by atoms with Crippen LogP contribution < -0.4 is 14.7 Å². The van der Waals surface area contributed by atoms with Crippen LogP contribution in [-0.2, 0) is 0 Å². The van der Waals surface area contributed by atoms with E-state index in [2.05, 4.69) is 240 Å². The van der Waals surface area contributed by atoms with Crippen molar-refractivity contribution in [3.8, 4) is 0 Å². The smallest absolute Gasteiger partial charge is 0.137 e. The lowest BCUT2D eigenvalue weighted by molar-refractivity contribution is 0.669. The van der Waals surface area contributed by atoms with Gasteiger partial charge in [0.1, 0.15) is 11.2 Å². The zero-order valence-corrected chi connectivity index (χ0v) is 33.8. The Kier molecular flexibility index (Phi) is 8.87. The summed E-state index contributed by atoms with van der Waals surface area (Å²) in [6.45, 7) is 2.14. The fraction of sp³-hybridized carbons (Fsp3) is 0.0182. The SMILES string of the molecule is Cc1cccc(N(c2ccccc2)c2ccc3oc4cc(N(c5ccccc5)c5cc(N(c6ccccc6)c6ccccc6)c6c(c5)sc5ccccc56)ccc4c3c2)c1. The second kappa shape index (κ2) is 15.0. The van der Waals surface area contributed by atoms with Crippen molar-refractivity contribution in [3.63, 3.8) is 0 Å². The van der Waals surface area contributed by atoms with Crippen LogP contribution in [0.1, 0.15) is 5.56 Å². The van der Waals surface area contributed by atoms with Crippen LogP contribution in [0.25, 0.3) is 42.1 Å². The van der Waals surface area contributed by atoms with Gasteiger partial charge in [-0.25, -0.2) is 0 Å². The topological polar surface area (TPSA) is 22.9 Å². The quantitative estimate of drug-likeness (QED) is 0.145. The third-order valence-corrected chi connectivity index (χ3v) is 12.3. The van der Waals surface area contributed by atoms with Gasteiger partial charge in [-0.1, -0.05) is 103 Å². The number of benzene rings is 9. The lowest BCUT2D eigenvalue weighted by atomic mass is 10.1. The molecule has 0 spiro atoms. The van der Waals surface area contributed by atoms with E-state index in [-0.39, 0.29) is 0 Å². The van der Waals surface area contributed by atoms with Crippen LogP contribution in [0.5, 0.6) is 0 Å². The lowest BCUT2D eigenvalue weighted by Crippen LogP contribution is -2.13. The van der Waals surface area contributed by atoms with Gasteiger partial charge < -0.3 is 19.1 Å². The molecule has 2 heterocycles. The molecule has 0 unspecified atom stereocenters. The highest BCUT2D eigenvalue weighted by Crippen LogP contribution is 2.49. The molecule has 0 aliphatic rings. The highest BCUT2D eigenvalue weighted by atomic mass is 32.1. The molecule has 2 aromatic heterocycles. The van der Waals surface area contributed by atoms with Crippen molar-refractivity contribution in [1.82, 2.24) is 0 Å². The highest BCUT2D eigenvalue weighted by molar-refractivity contribution is 7.26. The van der Waals surface area contributed by atoms with E-state index in [4.69, 9.17) is 4.42 Å². The largest absolute Gasteiger partial charge is 0.456 e. The normalized spacial score (nSPS) is 11.4. The summed E-state index contributed by atoms with van der Waals surface area (Å²) in [6, 6.07) is 77.9. The van der Waals surface area contributed by atoms with Crippen molar-refractivity contribution < 1.29 is 4.42 Å². The minimum absolute atomic E-state index is 0.834. The van der Waals surface area contributed by atoms with Crippen molar-refractivity contribution in [1.29, 1.82) is 0 Å². The maximum Gasteiger partial charge on any atom is 0.137 e. The molecule has 9 aromatic carbocycles. The molecule has 0 amide bonds. The number of para-hydroxylation sites is 4. The first-order valence-electron chi connectivity index (χ1n) is 20.3. The molecule has 11 rings (SSSR count). The van der Waals surface area contributed by atoms with Gasteiger partial charge in [-0.15, -0.1) is 11.3 Å². The van der Waals surface area contributed by atoms with Crippen molar-refractivity contribution in [2.45, 2.75) is 6.92 Å². The standard InChI is InChI=1S/C55H39N3OS/c1-38-17-16-26-43(33-38)56(39-18-6-2-7-19-39)44-30-32-51-49(34-44)47-31-29-45(36-52(47)59-51)57(40-20-8-3-9-21-40)46-35-50(55-48-27-14-15-28-53(48)60-54(55)37-46)58(41-22-10-4-11-23-41)42-24-12-5-13-25-42/h2-37H,1H3. The van der Waals surface area contributed by atoms with Crippen molar-refractivity contribution in [2.24, 2.45) is 0 Å². The second-order valence-corrected chi connectivity index (χ2v) is 16.2. The summed E-state index contributed by atoms with van der Waals surface area (Å²) in [5.41, 5.74) is 12.6. The number of hydrogen-bond acceptors (Lipinski definition) is 5. The van der Waals surface area contributed by atoms with Gasteiger partial charge in [0.15, 0.2) is 0 Å². The Morgan fingerprint density at radius 2 is 0.867 bits per heavy atom. The summed E-state index contributed by atoms with van der Waals surface area (Å²) in [5, 5.41) is 4.63. The summed E-state index contributed by atoms with van der Waals surface area (Å²) in [5.74, 6) is 0. The van der Waals surface area contributed by atoms with Crippen LogP contribution in [0.15, 0.2) is 223 Å². The second-order valence-electron chi connectivity index (χ2n) is 15.1. The average molecular weight is 790 g/mol. The van der Waals surface area contributed by atoms with Gasteiger partial charge in [-0.05, 0) is 122 Å². The van der Waals surface area contributed by atoms with E-state index in [9.17, 15) is 0 Å². The molecule has 0 fully saturated rings. The van der Waals surface area contributed by atoms with E-state index in [1.165, 1.54) is 25.7 Å². The molecule has 0 saturated heterocycles. The molecule has 286 valence electrons. The van der Waals surface area contributed by atoms with Crippen LogP contribution in [0.3, 0.4) is 0 Å². The predicted octanol–water partition coefficient (Wildman–Crippen LogP) is 16.7. The van der Waals surface area contributed by atoms with Gasteiger partial charge in [0.2, 0.25) is 0 Å². The van der Waals surface area contributed by atoms with Crippen LogP contribution in [0.4, 0.5) is 51.2 Å². The van der Waals surface area contributed by atoms with E-state index >= 15 is 0 Å². The Labute approximate surface area is 353 Å². The molecule has 60 heavy (non-hydrogen) atoms. The van der Waals surface area contributed by atoms with Crippen molar-refractivity contribution in [2.75, 3.05) is 14.7 Å². The minimum Gasteiger partial charge on any atom is -0.456 e. The fourth-order valence-corrected chi connectivity index (χ4v) is 9.71. The van der Waals surface area contributed by atoms with Gasteiger partial charge in [-0.2, -0.15) is 0 Å². The first-order chi connectivity index (χ1) is 29.7. The molecular formula is C55H39N3OS. The number of thiophene rings is 1. The fourth-order valence-electron chi connectivity index (χ4n) is 8.55. The third kappa shape index (κ3) is 6.33. The Morgan fingerprint density at radius 1 is 0.333 bits per heavy atom. The number of anilines is 9. The molecule has 5 heteroatoms. The molecule has 0 aliphatic heterocycles. The molecule has 0 radical (unpaired) electrons. The van der Waals surface area contributed by atoms with E-state index in [1.807, 2.05) is 11.3 Å². The van der Waals surface area contributed by atoms with E-state index in [1.54, 1.807) is 0 Å². The summed E-state index contributed by atoms with van der Waals surface area (Å²) in [6.07, 6.45) is 0. The maximum absolute atomic E-state index is 6.72. The number of furan rings is 1. The molecular weight excluding hydrogens is 751 g/mol. The van der Waals surface area contributed by atoms with Gasteiger partial charge in [0, 0.05) is 82.5 Å². The highest BCUT2D eigenvalue weighted by Gasteiger charge is 2.24. The number of hydrogen-bond donors (Lipinski definition) is 0. The molecule has 0 aliphatic carbocycles. The Hall–Kier alpha value is -7.60. The summed E-state index contributed by atoms with van der Waals surface area (Å²) in [4.78, 5) is 7.06. The van der Waals surface area contributed by atoms with Crippen molar-refractivity contribution in [3.05, 3.63) is 224 Å². The summed E-state index contributed by atoms with van der Waals surface area (Å²) < 4.78 is 9.19. The number of nitrogens with zero attached hydrogens (tertiary/aromatic N) is 3. The van der Waals surface area contributed by atoms with Crippen LogP contribution in [0, 0.1) is 6.92 Å². The molecule has 0 bridgehead atoms. The van der Waals surface area contributed by atoms with E-state index in [0.717, 1.165) is 73.1 Å². The monoisotopic (exact) mass is 789 g/mol. The Bertz CT molecular complexity index is 3250. The van der Waals surface area contributed by atoms with Gasteiger partial charge in [-0.3, -0.25) is 0 Å². The molecule has 0 N–H and O–H groups in total. The molecule has 4 nitrogen and oxygen atoms in total. The average Bonchev–Trinajstić information content (AvgIpc) is 3.86. The third-order valence-electron chi connectivity index (χ3n) is 11.2. The summed E-state index contributed by atoms with van der Waals surface area (Å²) in [7, 11) is 0. The van der Waals surface area contributed by atoms with Gasteiger partial charge >= 0.3 is 0 Å². The van der Waals surface area contributed by atoms with Crippen LogP contribution in [0.2, 0.25) is 0 Å². The van der Waals surface area contributed by atoms with Crippen LogP contribution in [-0.4, -0.2) is 0 Å². The predicted molar refractivity (Wildman–Crippen MR) is 255 cm³/mol. The molecule has 0 atom stereocenters. The van der Waals surface area contributed by atoms with E-state index < -0.39 is 0 Å². The minimum atomic E-state index is 0.834. The lowest BCUT2D eigenvalue weighted by Gasteiger charge is -2.30. The number of rotatable bonds is 9. The Morgan fingerprint density at radius 3 is 1.52 bits per heavy atom. The van der Waals surface area contributed by atoms with Crippen molar-refractivity contribution >= 4 is 105 Å². The van der Waals surface area contributed by atoms with Gasteiger partial charge in [0.05, 0.1) is 5.69 Å². The number of fused-ring (bicyclic) bond motifs is 6. The maximum atomic E-state index is 6.72. The number of aryl methyl sites for hydroxylation is 1. The van der Waals surface area contributed by atoms with E-state index in [0.29, 0.717) is 0 Å². The zero-order chi connectivity index (χ0) is 40.0. The van der Waals surface area contributed by atoms with Crippen LogP contribution >= 0.6 is 11.3 Å². The Balaban J connectivity index is 1.10.